The van der Waals surface area contributed by atoms with Crippen molar-refractivity contribution >= 4 is 29.0 Å². The number of hydrogen-bond donors (Lipinski definition) is 0. The second kappa shape index (κ2) is 11.6. The van der Waals surface area contributed by atoms with E-state index in [0.717, 1.165) is 60.8 Å². The van der Waals surface area contributed by atoms with Crippen LogP contribution in [0.3, 0.4) is 0 Å². The van der Waals surface area contributed by atoms with Crippen LogP contribution in [0.2, 0.25) is 0 Å². The van der Waals surface area contributed by atoms with Gasteiger partial charge in [-0.05, 0) is 60.0 Å². The van der Waals surface area contributed by atoms with E-state index >= 15 is 0 Å². The maximum atomic E-state index is 11.4. The molecule has 5 rings (SSSR count). The van der Waals surface area contributed by atoms with Gasteiger partial charge in [-0.3, -0.25) is 9.59 Å². The summed E-state index contributed by atoms with van der Waals surface area (Å²) in [6, 6.07) is 25.9. The molecule has 0 spiro atoms. The molecule has 3 aromatic rings. The van der Waals surface area contributed by atoms with Gasteiger partial charge in [-0.1, -0.05) is 42.5 Å². The Labute approximate surface area is 229 Å². The van der Waals surface area contributed by atoms with E-state index in [9.17, 15) is 9.59 Å². The van der Waals surface area contributed by atoms with Crippen LogP contribution in [0.25, 0.3) is 5.57 Å². The molecular formula is C32H33N3O4. The molecule has 1 saturated heterocycles. The number of para-hydroxylation sites is 1. The van der Waals surface area contributed by atoms with E-state index in [4.69, 9.17) is 14.5 Å². The molecule has 0 bridgehead atoms. The lowest BCUT2D eigenvalue weighted by Crippen LogP contribution is -2.49. The van der Waals surface area contributed by atoms with E-state index in [0.29, 0.717) is 11.5 Å². The van der Waals surface area contributed by atoms with Crippen LogP contribution in [0.15, 0.2) is 89.6 Å². The summed E-state index contributed by atoms with van der Waals surface area (Å²) in [6.45, 7) is 8.56. The standard InChI is InChI=1S/C32H33N3O4/c1-22-32(26-11-15-29(16-12-26)39-24(3)37)30(25-9-13-28(14-10-25)38-23(2)36)21-31(33-22)35-19-17-34(18-20-35)27-7-5-4-6-8-27/h4-16,30H,17-21H2,1-3H3. The van der Waals surface area contributed by atoms with Gasteiger partial charge in [0.2, 0.25) is 0 Å². The predicted molar refractivity (Wildman–Crippen MR) is 153 cm³/mol. The van der Waals surface area contributed by atoms with Crippen molar-refractivity contribution in [1.29, 1.82) is 0 Å². The van der Waals surface area contributed by atoms with Crippen molar-refractivity contribution in [3.8, 4) is 11.5 Å². The number of nitrogens with zero attached hydrogens (tertiary/aromatic N) is 3. The number of hydrogen-bond acceptors (Lipinski definition) is 7. The van der Waals surface area contributed by atoms with Crippen LogP contribution in [-0.4, -0.2) is 48.9 Å². The van der Waals surface area contributed by atoms with Gasteiger partial charge >= 0.3 is 11.9 Å². The summed E-state index contributed by atoms with van der Waals surface area (Å²) in [5.74, 6) is 1.52. The van der Waals surface area contributed by atoms with Crippen LogP contribution in [0.5, 0.6) is 11.5 Å². The maximum Gasteiger partial charge on any atom is 0.308 e. The highest BCUT2D eigenvalue weighted by molar-refractivity contribution is 5.92. The van der Waals surface area contributed by atoms with Crippen molar-refractivity contribution in [3.05, 3.63) is 95.7 Å². The summed E-state index contributed by atoms with van der Waals surface area (Å²) in [7, 11) is 0. The highest BCUT2D eigenvalue weighted by atomic mass is 16.5. The molecule has 39 heavy (non-hydrogen) atoms. The molecule has 2 aliphatic heterocycles. The Kier molecular flexibility index (Phi) is 7.77. The molecule has 1 atom stereocenters. The highest BCUT2D eigenvalue weighted by Crippen LogP contribution is 2.42. The first-order chi connectivity index (χ1) is 18.9. The van der Waals surface area contributed by atoms with E-state index in [2.05, 4.69) is 41.0 Å². The van der Waals surface area contributed by atoms with Gasteiger partial charge in [0.05, 0.1) is 0 Å². The summed E-state index contributed by atoms with van der Waals surface area (Å²) in [4.78, 5) is 32.7. The summed E-state index contributed by atoms with van der Waals surface area (Å²) in [5.41, 5.74) is 5.52. The number of anilines is 1. The molecule has 0 radical (unpaired) electrons. The molecule has 0 amide bonds. The second-order valence-electron chi connectivity index (χ2n) is 9.87. The third-order valence-corrected chi connectivity index (χ3v) is 7.16. The van der Waals surface area contributed by atoms with Gasteiger partial charge in [-0.2, -0.15) is 0 Å². The Balaban J connectivity index is 1.43. The highest BCUT2D eigenvalue weighted by Gasteiger charge is 2.30. The number of rotatable bonds is 5. The minimum absolute atomic E-state index is 0.0654. The number of aliphatic imine (C=N–C) groups is 1. The van der Waals surface area contributed by atoms with Gasteiger partial charge in [0.15, 0.2) is 0 Å². The first-order valence-corrected chi connectivity index (χ1v) is 13.3. The van der Waals surface area contributed by atoms with Gasteiger partial charge in [0.1, 0.15) is 17.3 Å². The van der Waals surface area contributed by atoms with Crippen molar-refractivity contribution in [3.63, 3.8) is 0 Å². The summed E-state index contributed by atoms with van der Waals surface area (Å²) in [5, 5.41) is 0. The molecule has 3 aromatic carbocycles. The van der Waals surface area contributed by atoms with Gasteiger partial charge in [-0.15, -0.1) is 0 Å². The Bertz CT molecular complexity index is 1390. The van der Waals surface area contributed by atoms with E-state index in [1.807, 2.05) is 54.6 Å². The molecule has 1 fully saturated rings. The van der Waals surface area contributed by atoms with Crippen LogP contribution in [0.4, 0.5) is 5.69 Å². The zero-order chi connectivity index (χ0) is 27.4. The third kappa shape index (κ3) is 6.20. The number of amidine groups is 1. The topological polar surface area (TPSA) is 71.4 Å². The van der Waals surface area contributed by atoms with E-state index in [1.165, 1.54) is 19.5 Å². The molecule has 1 unspecified atom stereocenters. The average molecular weight is 524 g/mol. The van der Waals surface area contributed by atoms with Crippen LogP contribution in [-0.2, 0) is 9.59 Å². The second-order valence-corrected chi connectivity index (χ2v) is 9.87. The summed E-state index contributed by atoms with van der Waals surface area (Å²) in [6.07, 6.45) is 0.761. The number of esters is 2. The zero-order valence-electron chi connectivity index (χ0n) is 22.6. The van der Waals surface area contributed by atoms with Gasteiger partial charge in [-0.25, -0.2) is 4.99 Å². The van der Waals surface area contributed by atoms with E-state index in [-0.39, 0.29) is 17.9 Å². The lowest BCUT2D eigenvalue weighted by molar-refractivity contribution is -0.132. The first-order valence-electron chi connectivity index (χ1n) is 13.3. The average Bonchev–Trinajstić information content (AvgIpc) is 2.94. The summed E-state index contributed by atoms with van der Waals surface area (Å²) >= 11 is 0. The molecule has 2 aliphatic rings. The lowest BCUT2D eigenvalue weighted by atomic mass is 9.81. The monoisotopic (exact) mass is 523 g/mol. The predicted octanol–water partition coefficient (Wildman–Crippen LogP) is 5.68. The number of piperazine rings is 1. The SMILES string of the molecule is CC(=O)Oc1ccc(C2=C(C)N=C(N3CCN(c4ccccc4)CC3)CC2c2ccc(OC(C)=O)cc2)cc1. The molecular weight excluding hydrogens is 490 g/mol. The van der Waals surface area contributed by atoms with Crippen LogP contribution < -0.4 is 14.4 Å². The molecule has 7 nitrogen and oxygen atoms in total. The van der Waals surface area contributed by atoms with Crippen LogP contribution in [0, 0.1) is 0 Å². The van der Waals surface area contributed by atoms with E-state index in [1.54, 1.807) is 0 Å². The molecule has 2 heterocycles. The van der Waals surface area contributed by atoms with Crippen molar-refractivity contribution in [2.75, 3.05) is 31.1 Å². The Morgan fingerprint density at radius 3 is 1.85 bits per heavy atom. The van der Waals surface area contributed by atoms with Crippen molar-refractivity contribution in [2.24, 2.45) is 4.99 Å². The Morgan fingerprint density at radius 1 is 0.744 bits per heavy atom. The smallest absolute Gasteiger partial charge is 0.308 e. The molecule has 0 aromatic heterocycles. The fraction of sp³-hybridized carbons (Fsp3) is 0.281. The van der Waals surface area contributed by atoms with Gasteiger partial charge in [0.25, 0.3) is 0 Å². The minimum atomic E-state index is -0.344. The van der Waals surface area contributed by atoms with Crippen LogP contribution >= 0.6 is 0 Å². The van der Waals surface area contributed by atoms with Gasteiger partial charge < -0.3 is 19.3 Å². The largest absolute Gasteiger partial charge is 0.427 e. The fourth-order valence-electron chi connectivity index (χ4n) is 5.39. The Hall–Kier alpha value is -4.39. The lowest BCUT2D eigenvalue weighted by Gasteiger charge is -2.40. The van der Waals surface area contributed by atoms with Crippen molar-refractivity contribution in [2.45, 2.75) is 33.1 Å². The number of carbonyl (C=O) groups excluding carboxylic acids is 2. The van der Waals surface area contributed by atoms with Crippen molar-refractivity contribution in [1.82, 2.24) is 4.90 Å². The minimum Gasteiger partial charge on any atom is -0.427 e. The fourth-order valence-corrected chi connectivity index (χ4v) is 5.39. The number of carbonyl (C=O) groups is 2. The van der Waals surface area contributed by atoms with Crippen LogP contribution in [0.1, 0.15) is 44.2 Å². The molecule has 0 saturated carbocycles. The zero-order valence-corrected chi connectivity index (χ0v) is 22.6. The number of ether oxygens (including phenoxy) is 2. The molecule has 7 heteroatoms. The maximum absolute atomic E-state index is 11.4. The number of allylic oxidation sites excluding steroid dienone is 2. The normalized spacial score (nSPS) is 17.5. The first kappa shape index (κ1) is 26.2. The molecule has 0 N–H and O–H groups in total. The molecule has 200 valence electrons. The third-order valence-electron chi connectivity index (χ3n) is 7.16. The molecule has 0 aliphatic carbocycles. The van der Waals surface area contributed by atoms with E-state index < -0.39 is 0 Å². The quantitative estimate of drug-likeness (QED) is 0.317. The Morgan fingerprint density at radius 2 is 1.28 bits per heavy atom. The van der Waals surface area contributed by atoms with Gasteiger partial charge in [0, 0.05) is 63.7 Å². The number of benzene rings is 3. The van der Waals surface area contributed by atoms with Crippen molar-refractivity contribution < 1.29 is 19.1 Å². The summed E-state index contributed by atoms with van der Waals surface area (Å²) < 4.78 is 10.5.